The van der Waals surface area contributed by atoms with Gasteiger partial charge in [0.2, 0.25) is 11.8 Å². The molecule has 0 bridgehead atoms. The lowest BCUT2D eigenvalue weighted by Crippen LogP contribution is -2.61. The topological polar surface area (TPSA) is 181 Å². The predicted octanol–water partition coefficient (Wildman–Crippen LogP) is 4.49. The third-order valence-electron chi connectivity index (χ3n) is 8.76. The van der Waals surface area contributed by atoms with E-state index in [0.29, 0.717) is 0 Å². The molecule has 0 saturated carbocycles. The van der Waals surface area contributed by atoms with Crippen LogP contribution in [0.4, 0.5) is 9.59 Å². The summed E-state index contributed by atoms with van der Waals surface area (Å²) in [5.41, 5.74) is 3.13. The van der Waals surface area contributed by atoms with E-state index >= 15 is 0 Å². The van der Waals surface area contributed by atoms with Crippen molar-refractivity contribution in [2.75, 3.05) is 0 Å². The van der Waals surface area contributed by atoms with Crippen LogP contribution in [0.3, 0.4) is 0 Å². The zero-order valence-electron chi connectivity index (χ0n) is 31.1. The Kier molecular flexibility index (Phi) is 15.9. The lowest BCUT2D eigenvalue weighted by molar-refractivity contribution is -0.126. The normalized spacial score (nSPS) is 13.8. The zero-order valence-corrected chi connectivity index (χ0v) is 31.1. The number of hydrogen-bond donors (Lipinski definition) is 5. The van der Waals surface area contributed by atoms with E-state index in [4.69, 9.17) is 9.47 Å². The molecule has 0 aliphatic heterocycles. The molecule has 0 radical (unpaired) electrons. The van der Waals surface area contributed by atoms with Crippen molar-refractivity contribution < 1.29 is 33.8 Å². The number of rotatable bonds is 18. The molecule has 2 heterocycles. The van der Waals surface area contributed by atoms with Crippen LogP contribution < -0.4 is 21.3 Å². The van der Waals surface area contributed by atoms with E-state index in [-0.39, 0.29) is 37.9 Å². The van der Waals surface area contributed by atoms with Gasteiger partial charge in [0.25, 0.3) is 0 Å². The highest BCUT2D eigenvalue weighted by atomic mass is 16.6. The van der Waals surface area contributed by atoms with Gasteiger partial charge in [-0.25, -0.2) is 9.59 Å². The first-order valence-corrected chi connectivity index (χ1v) is 18.0. The molecule has 2 aromatic carbocycles. The van der Waals surface area contributed by atoms with E-state index in [9.17, 15) is 24.3 Å². The number of amides is 4. The first-order chi connectivity index (χ1) is 26.0. The minimum Gasteiger partial charge on any atom is -0.445 e. The molecule has 4 aromatic rings. The number of carbonyl (C=O) groups is 4. The molecule has 0 spiro atoms. The van der Waals surface area contributed by atoms with Gasteiger partial charge in [-0.3, -0.25) is 19.6 Å². The maximum absolute atomic E-state index is 13.9. The Morgan fingerprint density at radius 3 is 1.22 bits per heavy atom. The number of nitrogens with zero attached hydrogens (tertiary/aromatic N) is 2. The van der Waals surface area contributed by atoms with Crippen molar-refractivity contribution in [3.8, 4) is 0 Å². The minimum atomic E-state index is -1.32. The highest BCUT2D eigenvalue weighted by Crippen LogP contribution is 2.16. The van der Waals surface area contributed by atoms with Gasteiger partial charge in [0.15, 0.2) is 0 Å². The molecule has 2 aromatic heterocycles. The number of nitrogens with one attached hydrogen (secondary N) is 4. The molecule has 5 N–H and O–H groups in total. The Bertz CT molecular complexity index is 1620. The number of benzene rings is 2. The SMILES string of the molecule is CC(C)C(NC(=O)OCc1ccncc1)C(=O)N[C@@H](Cc1ccccc1)C(O)[C@H](Cc1ccccc1)NC(=O)C(NC(=O)OCc1ccncc1)C(C)C. The van der Waals surface area contributed by atoms with Crippen molar-refractivity contribution in [1.29, 1.82) is 0 Å². The quantitative estimate of drug-likeness (QED) is 0.0983. The van der Waals surface area contributed by atoms with Crippen LogP contribution in [0, 0.1) is 11.8 Å². The van der Waals surface area contributed by atoms with Crippen molar-refractivity contribution in [1.82, 2.24) is 31.2 Å². The molecular weight excluding hydrogens is 688 g/mol. The van der Waals surface area contributed by atoms with E-state index in [2.05, 4.69) is 31.2 Å². The molecule has 4 atom stereocenters. The molecule has 0 aliphatic rings. The third-order valence-corrected chi connectivity index (χ3v) is 8.76. The van der Waals surface area contributed by atoms with Crippen LogP contribution in [0.15, 0.2) is 110 Å². The summed E-state index contributed by atoms with van der Waals surface area (Å²) in [6.45, 7) is 7.13. The molecule has 0 saturated heterocycles. The third kappa shape index (κ3) is 13.3. The van der Waals surface area contributed by atoms with Gasteiger partial charge >= 0.3 is 12.2 Å². The number of alkyl carbamates (subject to hydrolysis) is 2. The Hall–Kier alpha value is -5.82. The van der Waals surface area contributed by atoms with Gasteiger partial charge < -0.3 is 35.8 Å². The molecule has 2 unspecified atom stereocenters. The van der Waals surface area contributed by atoms with E-state index in [0.717, 1.165) is 22.3 Å². The second kappa shape index (κ2) is 21.0. The number of pyridine rings is 2. The standard InChI is InChI=1S/C41H50N6O7/c1-27(2)35(46-40(51)53-25-31-15-19-42-20-16-31)38(49)44-33(23-29-11-7-5-8-12-29)37(48)34(24-30-13-9-6-10-14-30)45-39(50)36(28(3)4)47-41(52)54-26-32-17-21-43-22-18-32/h5-22,27-28,33-37,48H,23-26H2,1-4H3,(H,44,49)(H,45,50)(H,46,51)(H,47,52)/t33-,34-,35?,36?,37?/m0/s1. The molecule has 13 nitrogen and oxygen atoms in total. The second-order valence-electron chi connectivity index (χ2n) is 13.7. The first-order valence-electron chi connectivity index (χ1n) is 18.0. The fraction of sp³-hybridized carbons (Fsp3) is 0.366. The van der Waals surface area contributed by atoms with Gasteiger partial charge in [0.05, 0.1) is 18.2 Å². The molecular formula is C41H50N6O7. The smallest absolute Gasteiger partial charge is 0.408 e. The first kappa shape index (κ1) is 40.9. The van der Waals surface area contributed by atoms with E-state index < -0.39 is 54.3 Å². The minimum absolute atomic E-state index is 0.00825. The fourth-order valence-electron chi connectivity index (χ4n) is 5.74. The van der Waals surface area contributed by atoms with Crippen molar-refractivity contribution in [3.63, 3.8) is 0 Å². The van der Waals surface area contributed by atoms with Crippen LogP contribution >= 0.6 is 0 Å². The monoisotopic (exact) mass is 738 g/mol. The zero-order chi connectivity index (χ0) is 38.9. The summed E-state index contributed by atoms with van der Waals surface area (Å²) < 4.78 is 10.7. The van der Waals surface area contributed by atoms with Gasteiger partial charge in [0.1, 0.15) is 25.3 Å². The van der Waals surface area contributed by atoms with Crippen LogP contribution in [0.1, 0.15) is 49.9 Å². The van der Waals surface area contributed by atoms with Crippen molar-refractivity contribution >= 4 is 24.0 Å². The van der Waals surface area contributed by atoms with Crippen molar-refractivity contribution in [3.05, 3.63) is 132 Å². The van der Waals surface area contributed by atoms with Crippen LogP contribution in [0.2, 0.25) is 0 Å². The molecule has 0 aliphatic carbocycles. The van der Waals surface area contributed by atoms with Crippen molar-refractivity contribution in [2.45, 2.75) is 84.0 Å². The fourth-order valence-corrected chi connectivity index (χ4v) is 5.74. The highest BCUT2D eigenvalue weighted by Gasteiger charge is 2.35. The highest BCUT2D eigenvalue weighted by molar-refractivity contribution is 5.87. The summed E-state index contributed by atoms with van der Waals surface area (Å²) >= 11 is 0. The molecule has 0 fully saturated rings. The number of aliphatic hydroxyl groups is 1. The van der Waals surface area contributed by atoms with Gasteiger partial charge in [-0.15, -0.1) is 0 Å². The lowest BCUT2D eigenvalue weighted by atomic mass is 9.91. The Balaban J connectivity index is 1.54. The Labute approximate surface area is 316 Å². The number of ether oxygens (including phenoxy) is 2. The van der Waals surface area contributed by atoms with Crippen molar-refractivity contribution in [2.24, 2.45) is 11.8 Å². The predicted molar refractivity (Wildman–Crippen MR) is 203 cm³/mol. The number of carbonyl (C=O) groups excluding carboxylic acids is 4. The molecule has 4 amide bonds. The lowest BCUT2D eigenvalue weighted by Gasteiger charge is -2.34. The molecule has 13 heteroatoms. The summed E-state index contributed by atoms with van der Waals surface area (Å²) in [5, 5.41) is 23.4. The number of aromatic nitrogens is 2. The summed E-state index contributed by atoms with van der Waals surface area (Å²) in [7, 11) is 0. The van der Waals surface area contributed by atoms with Gasteiger partial charge in [-0.05, 0) is 71.2 Å². The van der Waals surface area contributed by atoms with E-state index in [1.54, 1.807) is 76.7 Å². The van der Waals surface area contributed by atoms with Crippen LogP contribution in [-0.2, 0) is 45.1 Å². The van der Waals surface area contributed by atoms with E-state index in [1.807, 2.05) is 60.7 Å². The van der Waals surface area contributed by atoms with Gasteiger partial charge in [-0.2, -0.15) is 0 Å². The Morgan fingerprint density at radius 2 is 0.889 bits per heavy atom. The average molecular weight is 739 g/mol. The Morgan fingerprint density at radius 1 is 0.537 bits per heavy atom. The maximum Gasteiger partial charge on any atom is 0.408 e. The molecule has 286 valence electrons. The summed E-state index contributed by atoms with van der Waals surface area (Å²) in [5.74, 6) is -1.75. The van der Waals surface area contributed by atoms with Crippen LogP contribution in [0.25, 0.3) is 0 Å². The summed E-state index contributed by atoms with van der Waals surface area (Å²) in [6.07, 6.45) is 3.90. The summed E-state index contributed by atoms with van der Waals surface area (Å²) in [4.78, 5) is 61.4. The van der Waals surface area contributed by atoms with E-state index in [1.165, 1.54) is 0 Å². The molecule has 4 rings (SSSR count). The van der Waals surface area contributed by atoms with Gasteiger partial charge in [-0.1, -0.05) is 88.4 Å². The average Bonchev–Trinajstić information content (AvgIpc) is 3.17. The van der Waals surface area contributed by atoms with Crippen LogP contribution in [-0.4, -0.2) is 69.3 Å². The molecule has 54 heavy (non-hydrogen) atoms. The number of aliphatic hydroxyl groups excluding tert-OH is 1. The maximum atomic E-state index is 13.9. The largest absolute Gasteiger partial charge is 0.445 e. The number of hydrogen-bond acceptors (Lipinski definition) is 9. The summed E-state index contributed by atoms with van der Waals surface area (Å²) in [6, 6.07) is 21.7. The van der Waals surface area contributed by atoms with Gasteiger partial charge in [0, 0.05) is 24.8 Å². The second-order valence-corrected chi connectivity index (χ2v) is 13.7. The van der Waals surface area contributed by atoms with Crippen LogP contribution in [0.5, 0.6) is 0 Å².